The van der Waals surface area contributed by atoms with Crippen LogP contribution in [-0.4, -0.2) is 57.3 Å². The number of hydrogen-bond donors (Lipinski definition) is 4. The minimum atomic E-state index is -0.328. The summed E-state index contributed by atoms with van der Waals surface area (Å²) in [6.45, 7) is 6.21. The predicted octanol–water partition coefficient (Wildman–Crippen LogP) is -0.937. The van der Waals surface area contributed by atoms with Gasteiger partial charge in [0.25, 0.3) is 5.91 Å². The Morgan fingerprint density at radius 2 is 1.79 bits per heavy atom. The van der Waals surface area contributed by atoms with Crippen molar-refractivity contribution in [2.75, 3.05) is 39.3 Å². The number of imide groups is 1. The standard InChI is InChI=1S/C22H32N4O3/c27-21(24-22(28)23-19-4-2-1-3-5-19)16-26-11-9-25(10-12-26)15-17-6-7-20-18(14-17)8-13-29-20/h6-7,14,19H,1-5,8-13,15-16H2,(H2,23,24,27,28)/p+2. The highest BCUT2D eigenvalue weighted by Crippen LogP contribution is 2.25. The van der Waals surface area contributed by atoms with Crippen LogP contribution >= 0.6 is 0 Å². The first kappa shape index (κ1) is 20.2. The molecule has 7 heteroatoms. The van der Waals surface area contributed by atoms with Crippen molar-refractivity contribution in [3.63, 3.8) is 0 Å². The number of carbonyl (C=O) groups excluding carboxylic acids is 2. The minimum Gasteiger partial charge on any atom is -0.493 e. The van der Waals surface area contributed by atoms with E-state index < -0.39 is 0 Å². The molecule has 1 saturated heterocycles. The van der Waals surface area contributed by atoms with Crippen LogP contribution in [0.15, 0.2) is 18.2 Å². The van der Waals surface area contributed by atoms with E-state index >= 15 is 0 Å². The fourth-order valence-electron chi connectivity index (χ4n) is 4.82. The fraction of sp³-hybridized carbons (Fsp3) is 0.636. The average molecular weight is 403 g/mol. The summed E-state index contributed by atoms with van der Waals surface area (Å²) < 4.78 is 5.59. The lowest BCUT2D eigenvalue weighted by Crippen LogP contribution is -3.28. The summed E-state index contributed by atoms with van der Waals surface area (Å²) in [5, 5.41) is 5.47. The summed E-state index contributed by atoms with van der Waals surface area (Å²) in [6, 6.07) is 6.45. The second-order valence-electron chi connectivity index (χ2n) is 8.75. The van der Waals surface area contributed by atoms with Gasteiger partial charge in [0.2, 0.25) is 0 Å². The Balaban J connectivity index is 1.16. The normalized spacial score (nSPS) is 24.4. The topological polar surface area (TPSA) is 76.3 Å². The fourth-order valence-corrected chi connectivity index (χ4v) is 4.82. The number of urea groups is 1. The van der Waals surface area contributed by atoms with Gasteiger partial charge in [0.05, 0.1) is 6.61 Å². The second-order valence-corrected chi connectivity index (χ2v) is 8.75. The van der Waals surface area contributed by atoms with E-state index in [1.807, 2.05) is 0 Å². The van der Waals surface area contributed by atoms with E-state index in [-0.39, 0.29) is 18.0 Å². The number of rotatable bonds is 5. The summed E-state index contributed by atoms with van der Waals surface area (Å²) in [7, 11) is 0. The Bertz CT molecular complexity index is 725. The summed E-state index contributed by atoms with van der Waals surface area (Å²) in [4.78, 5) is 27.1. The molecule has 29 heavy (non-hydrogen) atoms. The van der Waals surface area contributed by atoms with Crippen LogP contribution in [0, 0.1) is 0 Å². The lowest BCUT2D eigenvalue weighted by atomic mass is 9.96. The Morgan fingerprint density at radius 3 is 2.59 bits per heavy atom. The third-order valence-corrected chi connectivity index (χ3v) is 6.48. The van der Waals surface area contributed by atoms with Gasteiger partial charge in [0.1, 0.15) is 38.5 Å². The van der Waals surface area contributed by atoms with Crippen LogP contribution in [0.2, 0.25) is 0 Å². The SMILES string of the molecule is O=C(C[NH+]1CC[NH+](Cc2ccc3c(c2)CCO3)CC1)NC(=O)NC1CCCCC1. The molecule has 0 aromatic heterocycles. The molecule has 0 atom stereocenters. The van der Waals surface area contributed by atoms with Crippen LogP contribution in [0.5, 0.6) is 5.75 Å². The van der Waals surface area contributed by atoms with Crippen molar-refractivity contribution >= 4 is 11.9 Å². The van der Waals surface area contributed by atoms with Crippen molar-refractivity contribution in [1.82, 2.24) is 10.6 Å². The van der Waals surface area contributed by atoms with Crippen LogP contribution < -0.4 is 25.2 Å². The maximum Gasteiger partial charge on any atom is 0.321 e. The molecular formula is C22H34N4O3+2. The molecule has 1 aromatic carbocycles. The first-order chi connectivity index (χ1) is 14.2. The predicted molar refractivity (Wildman–Crippen MR) is 109 cm³/mol. The van der Waals surface area contributed by atoms with Crippen LogP contribution in [0.1, 0.15) is 43.2 Å². The maximum absolute atomic E-state index is 12.2. The number of ether oxygens (including phenoxy) is 1. The van der Waals surface area contributed by atoms with E-state index in [4.69, 9.17) is 4.74 Å². The highest BCUT2D eigenvalue weighted by Gasteiger charge is 2.26. The van der Waals surface area contributed by atoms with Crippen molar-refractivity contribution in [2.24, 2.45) is 0 Å². The number of fused-ring (bicyclic) bond motifs is 1. The van der Waals surface area contributed by atoms with Crippen LogP contribution in [0.3, 0.4) is 0 Å². The molecule has 3 aliphatic rings. The zero-order valence-electron chi connectivity index (χ0n) is 17.2. The Hall–Kier alpha value is -2.12. The Labute approximate surface area is 172 Å². The highest BCUT2D eigenvalue weighted by molar-refractivity contribution is 5.94. The molecule has 1 aliphatic carbocycles. The Kier molecular flexibility index (Phi) is 6.67. The van der Waals surface area contributed by atoms with Crippen LogP contribution in [-0.2, 0) is 17.8 Å². The average Bonchev–Trinajstić information content (AvgIpc) is 3.18. The third kappa shape index (κ3) is 5.70. The molecule has 1 aromatic rings. The third-order valence-electron chi connectivity index (χ3n) is 6.48. The molecule has 0 spiro atoms. The van der Waals surface area contributed by atoms with Crippen molar-refractivity contribution < 1.29 is 24.1 Å². The molecule has 0 bridgehead atoms. The van der Waals surface area contributed by atoms with E-state index in [0.29, 0.717) is 6.54 Å². The van der Waals surface area contributed by atoms with Gasteiger partial charge in [-0.2, -0.15) is 0 Å². The van der Waals surface area contributed by atoms with Crippen molar-refractivity contribution in [1.29, 1.82) is 0 Å². The molecule has 158 valence electrons. The van der Waals surface area contributed by atoms with Gasteiger partial charge in [-0.05, 0) is 36.6 Å². The maximum atomic E-state index is 12.2. The van der Waals surface area contributed by atoms with Crippen molar-refractivity contribution in [3.8, 4) is 5.75 Å². The number of hydrogen-bond acceptors (Lipinski definition) is 3. The van der Waals surface area contributed by atoms with E-state index in [0.717, 1.165) is 77.2 Å². The first-order valence-corrected chi connectivity index (χ1v) is 11.2. The van der Waals surface area contributed by atoms with Gasteiger partial charge in [0.15, 0.2) is 6.54 Å². The van der Waals surface area contributed by atoms with Gasteiger partial charge in [-0.15, -0.1) is 0 Å². The number of piperazine rings is 1. The molecular weight excluding hydrogens is 368 g/mol. The summed E-state index contributed by atoms with van der Waals surface area (Å²) >= 11 is 0. The molecule has 2 fully saturated rings. The lowest BCUT2D eigenvalue weighted by molar-refractivity contribution is -1.02. The summed E-state index contributed by atoms with van der Waals surface area (Å²) in [6.07, 6.45) is 6.63. The lowest BCUT2D eigenvalue weighted by Gasteiger charge is -2.29. The smallest absolute Gasteiger partial charge is 0.321 e. The number of carbonyl (C=O) groups is 2. The van der Waals surface area contributed by atoms with Crippen molar-refractivity contribution in [2.45, 2.75) is 51.1 Å². The summed E-state index contributed by atoms with van der Waals surface area (Å²) in [5.41, 5.74) is 2.69. The number of nitrogens with one attached hydrogen (secondary N) is 4. The van der Waals surface area contributed by atoms with E-state index in [2.05, 4.69) is 28.8 Å². The zero-order chi connectivity index (χ0) is 20.1. The van der Waals surface area contributed by atoms with Gasteiger partial charge in [-0.1, -0.05) is 19.3 Å². The van der Waals surface area contributed by atoms with Crippen LogP contribution in [0.4, 0.5) is 4.79 Å². The molecule has 4 N–H and O–H groups in total. The van der Waals surface area contributed by atoms with Gasteiger partial charge < -0.3 is 19.9 Å². The molecule has 3 amide bonds. The zero-order valence-corrected chi connectivity index (χ0v) is 17.2. The minimum absolute atomic E-state index is 0.171. The van der Waals surface area contributed by atoms with Gasteiger partial charge >= 0.3 is 6.03 Å². The van der Waals surface area contributed by atoms with Crippen LogP contribution in [0.25, 0.3) is 0 Å². The quantitative estimate of drug-likeness (QED) is 0.514. The molecule has 4 rings (SSSR count). The van der Waals surface area contributed by atoms with Gasteiger partial charge in [0, 0.05) is 18.0 Å². The number of amides is 3. The second kappa shape index (κ2) is 9.59. The first-order valence-electron chi connectivity index (χ1n) is 11.2. The van der Waals surface area contributed by atoms with Gasteiger partial charge in [-0.25, -0.2) is 4.79 Å². The molecule has 1 saturated carbocycles. The molecule has 2 heterocycles. The largest absolute Gasteiger partial charge is 0.493 e. The van der Waals surface area contributed by atoms with Crippen molar-refractivity contribution in [3.05, 3.63) is 29.3 Å². The van der Waals surface area contributed by atoms with E-state index in [9.17, 15) is 9.59 Å². The number of quaternary nitrogens is 2. The molecule has 0 unspecified atom stereocenters. The van der Waals surface area contributed by atoms with Gasteiger partial charge in [-0.3, -0.25) is 10.1 Å². The Morgan fingerprint density at radius 1 is 1.03 bits per heavy atom. The molecule has 0 radical (unpaired) electrons. The summed E-state index contributed by atoms with van der Waals surface area (Å²) in [5.74, 6) is 0.868. The van der Waals surface area contributed by atoms with E-state index in [1.165, 1.54) is 22.4 Å². The molecule has 7 nitrogen and oxygen atoms in total. The molecule has 2 aliphatic heterocycles. The highest BCUT2D eigenvalue weighted by atomic mass is 16.5. The number of benzene rings is 1. The monoisotopic (exact) mass is 402 g/mol. The van der Waals surface area contributed by atoms with E-state index in [1.54, 1.807) is 4.90 Å².